The Morgan fingerprint density at radius 3 is 2.52 bits per heavy atom. The van der Waals surface area contributed by atoms with Crippen LogP contribution in [0, 0.1) is 5.92 Å². The van der Waals surface area contributed by atoms with Gasteiger partial charge in [0.25, 0.3) is 0 Å². The van der Waals surface area contributed by atoms with E-state index < -0.39 is 12.0 Å². The number of allylic oxidation sites excluding steroid dienone is 1. The molecule has 0 radical (unpaired) electrons. The number of rotatable bonds is 6. The molecule has 136 valence electrons. The summed E-state index contributed by atoms with van der Waals surface area (Å²) in [6.45, 7) is 6.16. The molecule has 1 heterocycles. The molecule has 0 unspecified atom stereocenters. The third-order valence-corrected chi connectivity index (χ3v) is 5.11. The number of nitrogens with one attached hydrogen (secondary N) is 2. The maximum Gasteiger partial charge on any atom is 0.338 e. The molecule has 0 fully saturated rings. The first-order valence-corrected chi connectivity index (χ1v) is 9.03. The van der Waals surface area contributed by atoms with E-state index in [-0.39, 0.29) is 6.03 Å². The van der Waals surface area contributed by atoms with Crippen molar-refractivity contribution in [1.82, 2.24) is 10.6 Å². The first-order valence-electron chi connectivity index (χ1n) is 8.27. The Kier molecular flexibility index (Phi) is 6.73. The van der Waals surface area contributed by atoms with E-state index in [1.165, 1.54) is 0 Å². The van der Waals surface area contributed by atoms with Crippen LogP contribution < -0.4 is 10.6 Å². The summed E-state index contributed by atoms with van der Waals surface area (Å²) in [5, 5.41) is 6.13. The van der Waals surface area contributed by atoms with Gasteiger partial charge in [-0.05, 0) is 30.5 Å². The van der Waals surface area contributed by atoms with Gasteiger partial charge in [-0.25, -0.2) is 9.59 Å². The van der Waals surface area contributed by atoms with Gasteiger partial charge in [-0.2, -0.15) is 0 Å². The van der Waals surface area contributed by atoms with E-state index in [1.807, 2.05) is 0 Å². The molecule has 2 amide bonds. The van der Waals surface area contributed by atoms with Crippen molar-refractivity contribution in [3.63, 3.8) is 0 Å². The molecule has 1 atom stereocenters. The molecule has 7 heteroatoms. The van der Waals surface area contributed by atoms with Crippen molar-refractivity contribution >= 4 is 35.2 Å². The largest absolute Gasteiger partial charge is 0.462 e. The zero-order valence-corrected chi connectivity index (χ0v) is 16.0. The Labute approximate surface area is 157 Å². The third kappa shape index (κ3) is 4.67. The monoisotopic (exact) mass is 384 g/mol. The fourth-order valence-corrected chi connectivity index (χ4v) is 3.01. The molecule has 0 bridgehead atoms. The molecule has 0 saturated carbocycles. The van der Waals surface area contributed by atoms with Crippen molar-refractivity contribution < 1.29 is 14.3 Å². The second kappa shape index (κ2) is 8.59. The molecule has 0 aromatic heterocycles. The van der Waals surface area contributed by atoms with Gasteiger partial charge in [0.1, 0.15) is 0 Å². The number of esters is 1. The Morgan fingerprint density at radius 1 is 1.24 bits per heavy atom. The molecule has 0 spiro atoms. The zero-order chi connectivity index (χ0) is 18.6. The van der Waals surface area contributed by atoms with Gasteiger partial charge in [-0.3, -0.25) is 0 Å². The first-order chi connectivity index (χ1) is 11.9. The average molecular weight is 385 g/mol. The fourth-order valence-electron chi connectivity index (χ4n) is 2.70. The van der Waals surface area contributed by atoms with Gasteiger partial charge in [0.2, 0.25) is 0 Å². The van der Waals surface area contributed by atoms with E-state index in [9.17, 15) is 9.59 Å². The number of hydrogen-bond donors (Lipinski definition) is 2. The SMILES string of the molecule is CCC(CC)COC(=O)C1=C(C)NC(=O)N[C@@H]1c1ccc(Cl)c(Cl)c1. The molecule has 5 nitrogen and oxygen atoms in total. The molecule has 0 aliphatic carbocycles. The molecule has 1 aliphatic heterocycles. The Hall–Kier alpha value is -1.72. The van der Waals surface area contributed by atoms with Crippen LogP contribution in [0.25, 0.3) is 0 Å². The summed E-state index contributed by atoms with van der Waals surface area (Å²) in [7, 11) is 0. The lowest BCUT2D eigenvalue weighted by molar-refractivity contribution is -0.141. The standard InChI is InChI=1S/C18H22Cl2N2O3/c1-4-11(5-2)9-25-17(23)15-10(3)21-18(24)22-16(15)12-6-7-13(19)14(20)8-12/h6-8,11,16H,4-5,9H2,1-3H3,(H2,21,22,24)/t16-/m1/s1. The lowest BCUT2D eigenvalue weighted by Crippen LogP contribution is -2.45. The molecule has 1 aliphatic rings. The van der Waals surface area contributed by atoms with Crippen LogP contribution in [0.2, 0.25) is 10.0 Å². The minimum absolute atomic E-state index is 0.319. The van der Waals surface area contributed by atoms with E-state index in [0.29, 0.717) is 39.4 Å². The van der Waals surface area contributed by atoms with Gasteiger partial charge in [-0.1, -0.05) is 56.0 Å². The van der Waals surface area contributed by atoms with Crippen LogP contribution in [0.5, 0.6) is 0 Å². The Morgan fingerprint density at radius 2 is 1.92 bits per heavy atom. The molecule has 2 N–H and O–H groups in total. The summed E-state index contributed by atoms with van der Waals surface area (Å²) >= 11 is 12.0. The van der Waals surface area contributed by atoms with Crippen LogP contribution in [0.1, 0.15) is 45.2 Å². The van der Waals surface area contributed by atoms with E-state index >= 15 is 0 Å². The Bertz CT molecular complexity index is 700. The predicted octanol–water partition coefficient (Wildman–Crippen LogP) is 4.60. The van der Waals surface area contributed by atoms with Crippen molar-refractivity contribution in [2.75, 3.05) is 6.61 Å². The van der Waals surface area contributed by atoms with Crippen LogP contribution >= 0.6 is 23.2 Å². The number of urea groups is 1. The average Bonchev–Trinajstić information content (AvgIpc) is 2.57. The lowest BCUT2D eigenvalue weighted by atomic mass is 9.95. The fraction of sp³-hybridized carbons (Fsp3) is 0.444. The molecule has 0 saturated heterocycles. The van der Waals surface area contributed by atoms with Crippen LogP contribution in [0.4, 0.5) is 4.79 Å². The van der Waals surface area contributed by atoms with Crippen molar-refractivity contribution in [3.8, 4) is 0 Å². The molecule has 1 aromatic carbocycles. The van der Waals surface area contributed by atoms with Gasteiger partial charge in [0.05, 0.1) is 28.3 Å². The van der Waals surface area contributed by atoms with E-state index in [1.54, 1.807) is 25.1 Å². The van der Waals surface area contributed by atoms with Crippen molar-refractivity contribution in [1.29, 1.82) is 0 Å². The van der Waals surface area contributed by atoms with Crippen molar-refractivity contribution in [2.45, 2.75) is 39.7 Å². The summed E-state index contributed by atoms with van der Waals surface area (Å²) in [6.07, 6.45) is 1.88. The minimum Gasteiger partial charge on any atom is -0.462 e. The van der Waals surface area contributed by atoms with E-state index in [0.717, 1.165) is 12.8 Å². The summed E-state index contributed by atoms with van der Waals surface area (Å²) in [5.41, 5.74) is 1.50. The van der Waals surface area contributed by atoms with Crippen LogP contribution in [-0.2, 0) is 9.53 Å². The lowest BCUT2D eigenvalue weighted by Gasteiger charge is -2.28. The third-order valence-electron chi connectivity index (χ3n) is 4.37. The second-order valence-corrected chi connectivity index (χ2v) is 6.84. The quantitative estimate of drug-likeness (QED) is 0.704. The number of carbonyl (C=O) groups is 2. The van der Waals surface area contributed by atoms with E-state index in [4.69, 9.17) is 27.9 Å². The van der Waals surface area contributed by atoms with Gasteiger partial charge in [-0.15, -0.1) is 0 Å². The van der Waals surface area contributed by atoms with Gasteiger partial charge >= 0.3 is 12.0 Å². The minimum atomic E-state index is -0.641. The molecule has 25 heavy (non-hydrogen) atoms. The van der Waals surface area contributed by atoms with Gasteiger partial charge < -0.3 is 15.4 Å². The highest BCUT2D eigenvalue weighted by molar-refractivity contribution is 6.42. The highest BCUT2D eigenvalue weighted by Gasteiger charge is 2.32. The highest BCUT2D eigenvalue weighted by Crippen LogP contribution is 2.32. The van der Waals surface area contributed by atoms with Crippen molar-refractivity contribution in [2.24, 2.45) is 5.92 Å². The number of ether oxygens (including phenoxy) is 1. The second-order valence-electron chi connectivity index (χ2n) is 6.02. The zero-order valence-electron chi connectivity index (χ0n) is 14.5. The summed E-state index contributed by atoms with van der Waals surface area (Å²) in [5.74, 6) is -0.132. The molecule has 1 aromatic rings. The number of benzene rings is 1. The first kappa shape index (κ1) is 19.6. The number of carbonyl (C=O) groups excluding carboxylic acids is 2. The predicted molar refractivity (Wildman–Crippen MR) is 98.6 cm³/mol. The molecular weight excluding hydrogens is 363 g/mol. The highest BCUT2D eigenvalue weighted by atomic mass is 35.5. The maximum absolute atomic E-state index is 12.7. The van der Waals surface area contributed by atoms with Crippen molar-refractivity contribution in [3.05, 3.63) is 45.1 Å². The normalized spacial score (nSPS) is 17.4. The summed E-state index contributed by atoms with van der Waals surface area (Å²) < 4.78 is 5.49. The molecular formula is C18H22Cl2N2O3. The number of hydrogen-bond acceptors (Lipinski definition) is 3. The maximum atomic E-state index is 12.7. The number of amides is 2. The van der Waals surface area contributed by atoms with Crippen LogP contribution in [-0.4, -0.2) is 18.6 Å². The Balaban J connectivity index is 2.30. The topological polar surface area (TPSA) is 67.4 Å². The van der Waals surface area contributed by atoms with Gasteiger partial charge in [0.15, 0.2) is 0 Å². The van der Waals surface area contributed by atoms with Crippen LogP contribution in [0.15, 0.2) is 29.5 Å². The van der Waals surface area contributed by atoms with Gasteiger partial charge in [0, 0.05) is 5.70 Å². The summed E-state index contributed by atoms with van der Waals surface area (Å²) in [4.78, 5) is 24.5. The van der Waals surface area contributed by atoms with Crippen LogP contribution in [0.3, 0.4) is 0 Å². The number of halogens is 2. The smallest absolute Gasteiger partial charge is 0.338 e. The van der Waals surface area contributed by atoms with E-state index in [2.05, 4.69) is 24.5 Å². The summed E-state index contributed by atoms with van der Waals surface area (Å²) in [6, 6.07) is 3.98. The molecule has 2 rings (SSSR count).